The fourth-order valence-corrected chi connectivity index (χ4v) is 3.78. The number of urea groups is 1. The number of hydrogen-bond donors (Lipinski definition) is 3. The Kier molecular flexibility index (Phi) is 7.59. The fourth-order valence-electron chi connectivity index (χ4n) is 2.90. The van der Waals surface area contributed by atoms with Crippen LogP contribution in [-0.4, -0.2) is 28.2 Å². The topological polar surface area (TPSA) is 96.0 Å². The van der Waals surface area contributed by atoms with Crippen molar-refractivity contribution in [2.24, 2.45) is 5.92 Å². The van der Waals surface area contributed by atoms with Crippen LogP contribution in [0.1, 0.15) is 25.8 Å². The first kappa shape index (κ1) is 22.7. The average Bonchev–Trinajstić information content (AvgIpc) is 3.20. The van der Waals surface area contributed by atoms with Crippen LogP contribution in [0.3, 0.4) is 0 Å². The minimum absolute atomic E-state index is 0.0769. The molecule has 3 aromatic rings. The summed E-state index contributed by atoms with van der Waals surface area (Å²) < 4.78 is 0. The highest BCUT2D eigenvalue weighted by atomic mass is 35.5. The average molecular weight is 458 g/mol. The zero-order valence-corrected chi connectivity index (χ0v) is 19.1. The van der Waals surface area contributed by atoms with Crippen molar-refractivity contribution >= 4 is 45.7 Å². The molecule has 3 amide bonds. The Labute approximate surface area is 190 Å². The highest BCUT2D eigenvalue weighted by molar-refractivity contribution is 7.18. The summed E-state index contributed by atoms with van der Waals surface area (Å²) in [6, 6.07) is 13.5. The Morgan fingerprint density at radius 1 is 1.10 bits per heavy atom. The van der Waals surface area contributed by atoms with Crippen LogP contribution in [0.2, 0.25) is 5.02 Å². The summed E-state index contributed by atoms with van der Waals surface area (Å²) in [5.74, 6) is -0.417. The van der Waals surface area contributed by atoms with Gasteiger partial charge in [-0.3, -0.25) is 10.1 Å². The third kappa shape index (κ3) is 6.26. The van der Waals surface area contributed by atoms with Crippen molar-refractivity contribution in [2.75, 3.05) is 10.6 Å². The number of rotatable bonds is 7. The molecule has 31 heavy (non-hydrogen) atoms. The number of nitrogens with zero attached hydrogens (tertiary/aromatic N) is 2. The van der Waals surface area contributed by atoms with Crippen molar-refractivity contribution in [1.82, 2.24) is 15.5 Å². The Bertz CT molecular complexity index is 1050. The number of carbonyl (C=O) groups excluding carboxylic acids is 2. The summed E-state index contributed by atoms with van der Waals surface area (Å²) in [6.45, 7) is 5.82. The number of aryl methyl sites for hydroxylation is 1. The first-order valence-electron chi connectivity index (χ1n) is 9.90. The van der Waals surface area contributed by atoms with Gasteiger partial charge in [-0.25, -0.2) is 4.79 Å². The van der Waals surface area contributed by atoms with Crippen LogP contribution in [-0.2, 0) is 4.79 Å². The van der Waals surface area contributed by atoms with Crippen molar-refractivity contribution in [1.29, 1.82) is 0 Å². The monoisotopic (exact) mass is 457 g/mol. The van der Waals surface area contributed by atoms with Crippen LogP contribution in [0.5, 0.6) is 0 Å². The summed E-state index contributed by atoms with van der Waals surface area (Å²) in [4.78, 5) is 25.4. The molecule has 0 bridgehead atoms. The minimum Gasteiger partial charge on any atom is -0.326 e. The quantitative estimate of drug-likeness (QED) is 0.446. The van der Waals surface area contributed by atoms with Gasteiger partial charge in [-0.05, 0) is 42.7 Å². The normalized spacial score (nSPS) is 12.6. The number of nitrogens with one attached hydrogen (secondary N) is 3. The minimum atomic E-state index is -0.724. The molecule has 7 nitrogen and oxygen atoms in total. The first-order valence-corrected chi connectivity index (χ1v) is 11.1. The summed E-state index contributed by atoms with van der Waals surface area (Å²) >= 11 is 7.18. The third-order valence-electron chi connectivity index (χ3n) is 4.80. The van der Waals surface area contributed by atoms with Crippen LogP contribution in [0.25, 0.3) is 10.6 Å². The zero-order valence-electron chi connectivity index (χ0n) is 17.5. The van der Waals surface area contributed by atoms with E-state index in [1.54, 1.807) is 18.2 Å². The van der Waals surface area contributed by atoms with Gasteiger partial charge in [0, 0.05) is 16.3 Å². The fraction of sp³-hybridized carbons (Fsp3) is 0.273. The van der Waals surface area contributed by atoms with Gasteiger partial charge in [0.2, 0.25) is 11.0 Å². The zero-order chi connectivity index (χ0) is 22.4. The van der Waals surface area contributed by atoms with E-state index in [1.807, 2.05) is 51.1 Å². The van der Waals surface area contributed by atoms with Gasteiger partial charge in [0.25, 0.3) is 0 Å². The predicted octanol–water partition coefficient (Wildman–Crippen LogP) is 5.34. The maximum atomic E-state index is 12.9. The molecule has 0 aliphatic rings. The second-order valence-corrected chi connectivity index (χ2v) is 8.65. The molecule has 0 spiro atoms. The summed E-state index contributed by atoms with van der Waals surface area (Å²) in [5, 5.41) is 18.2. The molecule has 1 heterocycles. The van der Waals surface area contributed by atoms with Crippen LogP contribution in [0.15, 0.2) is 48.5 Å². The molecule has 0 fully saturated rings. The molecule has 0 saturated carbocycles. The van der Waals surface area contributed by atoms with E-state index < -0.39 is 12.1 Å². The van der Waals surface area contributed by atoms with Gasteiger partial charge in [0.1, 0.15) is 11.0 Å². The van der Waals surface area contributed by atoms with Crippen LogP contribution in [0, 0.1) is 12.8 Å². The Morgan fingerprint density at radius 2 is 1.84 bits per heavy atom. The molecule has 0 radical (unpaired) electrons. The molecule has 2 unspecified atom stereocenters. The molecule has 3 rings (SSSR count). The maximum Gasteiger partial charge on any atom is 0.319 e. The van der Waals surface area contributed by atoms with Gasteiger partial charge in [0.15, 0.2) is 0 Å². The molecule has 2 atom stereocenters. The Morgan fingerprint density at radius 3 is 2.52 bits per heavy atom. The van der Waals surface area contributed by atoms with E-state index in [1.165, 1.54) is 11.3 Å². The number of carbonyl (C=O) groups is 2. The second kappa shape index (κ2) is 10.4. The molecule has 2 aromatic carbocycles. The van der Waals surface area contributed by atoms with Gasteiger partial charge in [0.05, 0.1) is 0 Å². The molecule has 9 heteroatoms. The summed E-state index contributed by atoms with van der Waals surface area (Å²) in [7, 11) is 0. The lowest BCUT2D eigenvalue weighted by Crippen LogP contribution is -2.49. The van der Waals surface area contributed by atoms with Crippen LogP contribution in [0.4, 0.5) is 15.6 Å². The van der Waals surface area contributed by atoms with Crippen molar-refractivity contribution in [3.05, 3.63) is 59.1 Å². The molecular weight excluding hydrogens is 434 g/mol. The van der Waals surface area contributed by atoms with E-state index in [9.17, 15) is 9.59 Å². The van der Waals surface area contributed by atoms with Crippen molar-refractivity contribution in [3.8, 4) is 10.6 Å². The number of amides is 3. The lowest BCUT2D eigenvalue weighted by Gasteiger charge is -2.23. The molecule has 0 aliphatic heterocycles. The largest absolute Gasteiger partial charge is 0.326 e. The van der Waals surface area contributed by atoms with Gasteiger partial charge in [-0.1, -0.05) is 67.5 Å². The van der Waals surface area contributed by atoms with Crippen LogP contribution < -0.4 is 16.0 Å². The van der Waals surface area contributed by atoms with Crippen LogP contribution >= 0.6 is 22.9 Å². The number of benzene rings is 2. The van der Waals surface area contributed by atoms with Crippen molar-refractivity contribution in [3.63, 3.8) is 0 Å². The van der Waals surface area contributed by atoms with E-state index in [4.69, 9.17) is 11.6 Å². The highest BCUT2D eigenvalue weighted by Gasteiger charge is 2.27. The predicted molar refractivity (Wildman–Crippen MR) is 126 cm³/mol. The Hall–Kier alpha value is -2.97. The SMILES string of the molecule is CCC(C)C(NC(=O)Nc1cccc(C)c1)C(=O)Nc1nnc(-c2ccc(Cl)cc2)s1. The summed E-state index contributed by atoms with van der Waals surface area (Å²) in [5.41, 5.74) is 2.55. The van der Waals surface area contributed by atoms with Crippen molar-refractivity contribution in [2.45, 2.75) is 33.2 Å². The standard InChI is InChI=1S/C22H24ClN5O2S/c1-4-14(3)18(25-21(30)24-17-7-5-6-13(2)12-17)19(29)26-22-28-27-20(31-22)15-8-10-16(23)11-9-15/h5-12,14,18H,4H2,1-3H3,(H2,24,25,30)(H,26,28,29). The lowest BCUT2D eigenvalue weighted by atomic mass is 9.98. The number of halogens is 1. The second-order valence-electron chi connectivity index (χ2n) is 7.24. The van der Waals surface area contributed by atoms with Gasteiger partial charge in [-0.15, -0.1) is 10.2 Å². The lowest BCUT2D eigenvalue weighted by molar-refractivity contribution is -0.119. The van der Waals surface area contributed by atoms with Gasteiger partial charge < -0.3 is 10.6 Å². The van der Waals surface area contributed by atoms with E-state index in [0.717, 1.165) is 17.5 Å². The highest BCUT2D eigenvalue weighted by Crippen LogP contribution is 2.27. The number of aromatic nitrogens is 2. The molecule has 3 N–H and O–H groups in total. The maximum absolute atomic E-state index is 12.9. The molecular formula is C22H24ClN5O2S. The van der Waals surface area contributed by atoms with E-state index in [2.05, 4.69) is 26.1 Å². The van der Waals surface area contributed by atoms with E-state index >= 15 is 0 Å². The van der Waals surface area contributed by atoms with Gasteiger partial charge in [-0.2, -0.15) is 0 Å². The van der Waals surface area contributed by atoms with E-state index in [-0.39, 0.29) is 11.8 Å². The molecule has 1 aromatic heterocycles. The summed E-state index contributed by atoms with van der Waals surface area (Å²) in [6.07, 6.45) is 0.717. The third-order valence-corrected chi connectivity index (χ3v) is 5.94. The van der Waals surface area contributed by atoms with E-state index in [0.29, 0.717) is 20.8 Å². The van der Waals surface area contributed by atoms with Gasteiger partial charge >= 0.3 is 6.03 Å². The smallest absolute Gasteiger partial charge is 0.319 e. The van der Waals surface area contributed by atoms with Crippen molar-refractivity contribution < 1.29 is 9.59 Å². The molecule has 0 aliphatic carbocycles. The molecule has 162 valence electrons. The molecule has 0 saturated heterocycles. The Balaban J connectivity index is 1.67. The first-order chi connectivity index (χ1) is 14.9. The number of hydrogen-bond acceptors (Lipinski definition) is 5. The number of anilines is 2.